The Morgan fingerprint density at radius 2 is 1.88 bits per heavy atom. The number of carbonyl (C=O) groups excluding carboxylic acids is 1. The molecule has 1 aromatic rings. The van der Waals surface area contributed by atoms with E-state index in [-0.39, 0.29) is 5.91 Å². The molecule has 0 aliphatic rings. The number of nitrogens with one attached hydrogen (secondary N) is 1. The van der Waals surface area contributed by atoms with Gasteiger partial charge in [0.05, 0.1) is 0 Å². The zero-order valence-electron chi connectivity index (χ0n) is 10.2. The predicted molar refractivity (Wildman–Crippen MR) is 71.7 cm³/mol. The third-order valence-electron chi connectivity index (χ3n) is 2.29. The highest BCUT2D eigenvalue weighted by molar-refractivity contribution is 5.72. The molecule has 1 amide bonds. The molecule has 0 radical (unpaired) electrons. The van der Waals surface area contributed by atoms with E-state index in [1.54, 1.807) is 0 Å². The molecular formula is C15H19NO. The van der Waals surface area contributed by atoms with Crippen LogP contribution in [0.4, 0.5) is 0 Å². The van der Waals surface area contributed by atoms with Gasteiger partial charge in [0.25, 0.3) is 0 Å². The lowest BCUT2D eigenvalue weighted by Gasteiger charge is -1.95. The van der Waals surface area contributed by atoms with Crippen LogP contribution in [0.1, 0.15) is 18.9 Å². The van der Waals surface area contributed by atoms with E-state index >= 15 is 0 Å². The molecule has 0 aliphatic heterocycles. The van der Waals surface area contributed by atoms with Gasteiger partial charge in [-0.15, -0.1) is 0 Å². The molecule has 0 saturated heterocycles. The molecule has 2 nitrogen and oxygen atoms in total. The van der Waals surface area contributed by atoms with Crippen molar-refractivity contribution >= 4 is 5.91 Å². The number of hydrogen-bond donors (Lipinski definition) is 1. The molecule has 0 atom stereocenters. The van der Waals surface area contributed by atoms with Gasteiger partial charge in [0.15, 0.2) is 0 Å². The van der Waals surface area contributed by atoms with Crippen LogP contribution < -0.4 is 5.32 Å². The van der Waals surface area contributed by atoms with Gasteiger partial charge in [0.1, 0.15) is 0 Å². The molecular weight excluding hydrogens is 210 g/mol. The highest BCUT2D eigenvalue weighted by Gasteiger charge is 1.87. The largest absolute Gasteiger partial charge is 0.353 e. The summed E-state index contributed by atoms with van der Waals surface area (Å²) < 4.78 is 0. The van der Waals surface area contributed by atoms with Gasteiger partial charge in [-0.05, 0) is 18.4 Å². The summed E-state index contributed by atoms with van der Waals surface area (Å²) in [7, 11) is 0. The Hall–Kier alpha value is -1.83. The number of amides is 1. The number of allylic oxidation sites excluding steroid dienone is 3. The second kappa shape index (κ2) is 8.34. The Labute approximate surface area is 103 Å². The summed E-state index contributed by atoms with van der Waals surface area (Å²) in [6.45, 7) is 2.11. The standard InChI is InChI=1S/C15H19NO/c1-14(17)16-13-9-4-2-3-6-10-15-11-7-5-8-12-15/h2-5,7-9,11-12H,6,10,13H2,1H3,(H,16,17)/b3-2+,9-4+. The molecule has 1 rings (SSSR count). The van der Waals surface area contributed by atoms with Gasteiger partial charge in [-0.2, -0.15) is 0 Å². The Morgan fingerprint density at radius 3 is 2.59 bits per heavy atom. The molecule has 0 spiro atoms. The van der Waals surface area contributed by atoms with E-state index in [4.69, 9.17) is 0 Å². The smallest absolute Gasteiger partial charge is 0.217 e. The van der Waals surface area contributed by atoms with E-state index in [1.165, 1.54) is 12.5 Å². The van der Waals surface area contributed by atoms with Crippen LogP contribution in [0.15, 0.2) is 54.6 Å². The maximum Gasteiger partial charge on any atom is 0.217 e. The molecule has 17 heavy (non-hydrogen) atoms. The van der Waals surface area contributed by atoms with Crippen molar-refractivity contribution in [3.05, 3.63) is 60.2 Å². The quantitative estimate of drug-likeness (QED) is 0.747. The number of rotatable bonds is 6. The second-order valence-corrected chi connectivity index (χ2v) is 3.82. The Kier molecular flexibility index (Phi) is 6.49. The van der Waals surface area contributed by atoms with E-state index in [2.05, 4.69) is 35.7 Å². The molecule has 0 aromatic heterocycles. The molecule has 0 heterocycles. The molecule has 90 valence electrons. The van der Waals surface area contributed by atoms with Crippen molar-refractivity contribution < 1.29 is 4.79 Å². The maximum absolute atomic E-state index is 10.6. The summed E-state index contributed by atoms with van der Waals surface area (Å²) >= 11 is 0. The third-order valence-corrected chi connectivity index (χ3v) is 2.29. The van der Waals surface area contributed by atoms with Gasteiger partial charge in [0.2, 0.25) is 5.91 Å². The molecule has 0 fully saturated rings. The minimum atomic E-state index is 0.00251. The maximum atomic E-state index is 10.6. The minimum Gasteiger partial charge on any atom is -0.353 e. The first kappa shape index (κ1) is 13.2. The van der Waals surface area contributed by atoms with Gasteiger partial charge in [-0.25, -0.2) is 0 Å². The van der Waals surface area contributed by atoms with Gasteiger partial charge in [0, 0.05) is 13.5 Å². The second-order valence-electron chi connectivity index (χ2n) is 3.82. The van der Waals surface area contributed by atoms with Gasteiger partial charge in [-0.1, -0.05) is 54.6 Å². The van der Waals surface area contributed by atoms with Crippen LogP contribution in [0.2, 0.25) is 0 Å². The van der Waals surface area contributed by atoms with E-state index in [1.807, 2.05) is 24.3 Å². The molecule has 0 unspecified atom stereocenters. The molecule has 0 bridgehead atoms. The minimum absolute atomic E-state index is 0.00251. The highest BCUT2D eigenvalue weighted by atomic mass is 16.1. The van der Waals surface area contributed by atoms with E-state index in [9.17, 15) is 4.79 Å². The number of carbonyl (C=O) groups is 1. The topological polar surface area (TPSA) is 29.1 Å². The fourth-order valence-electron chi connectivity index (χ4n) is 1.42. The van der Waals surface area contributed by atoms with Crippen molar-refractivity contribution in [2.45, 2.75) is 19.8 Å². The molecule has 1 aromatic carbocycles. The third kappa shape index (κ3) is 7.12. The van der Waals surface area contributed by atoms with Crippen LogP contribution in [-0.2, 0) is 11.2 Å². The molecule has 0 aliphatic carbocycles. The predicted octanol–water partition coefficient (Wildman–Crippen LogP) is 2.87. The zero-order valence-corrected chi connectivity index (χ0v) is 10.2. The van der Waals surface area contributed by atoms with Gasteiger partial charge < -0.3 is 5.32 Å². The van der Waals surface area contributed by atoms with Crippen LogP contribution >= 0.6 is 0 Å². The van der Waals surface area contributed by atoms with Gasteiger partial charge >= 0.3 is 0 Å². The average molecular weight is 229 g/mol. The zero-order chi connectivity index (χ0) is 12.3. The first-order chi connectivity index (χ1) is 8.29. The summed E-state index contributed by atoms with van der Waals surface area (Å²) in [5, 5.41) is 2.70. The summed E-state index contributed by atoms with van der Waals surface area (Å²) in [6, 6.07) is 10.4. The number of hydrogen-bond acceptors (Lipinski definition) is 1. The number of benzene rings is 1. The van der Waals surface area contributed by atoms with Gasteiger partial charge in [-0.3, -0.25) is 4.79 Å². The fraction of sp³-hybridized carbons (Fsp3) is 0.267. The summed E-state index contributed by atoms with van der Waals surface area (Å²) in [6.07, 6.45) is 10.1. The van der Waals surface area contributed by atoms with Crippen molar-refractivity contribution in [3.8, 4) is 0 Å². The first-order valence-corrected chi connectivity index (χ1v) is 5.89. The molecule has 2 heteroatoms. The lowest BCUT2D eigenvalue weighted by atomic mass is 10.1. The lowest BCUT2D eigenvalue weighted by molar-refractivity contribution is -0.118. The van der Waals surface area contributed by atoms with Crippen LogP contribution in [0.5, 0.6) is 0 Å². The summed E-state index contributed by atoms with van der Waals surface area (Å²) in [4.78, 5) is 10.6. The number of aryl methyl sites for hydroxylation is 1. The highest BCUT2D eigenvalue weighted by Crippen LogP contribution is 2.02. The first-order valence-electron chi connectivity index (χ1n) is 5.89. The molecule has 0 saturated carbocycles. The fourth-order valence-corrected chi connectivity index (χ4v) is 1.42. The van der Waals surface area contributed by atoms with Crippen LogP contribution in [0.25, 0.3) is 0 Å². The Bertz CT molecular complexity index is 379. The van der Waals surface area contributed by atoms with E-state index < -0.39 is 0 Å². The lowest BCUT2D eigenvalue weighted by Crippen LogP contribution is -2.19. The van der Waals surface area contributed by atoms with Crippen molar-refractivity contribution in [1.29, 1.82) is 0 Å². The van der Waals surface area contributed by atoms with Crippen molar-refractivity contribution in [2.24, 2.45) is 0 Å². The van der Waals surface area contributed by atoms with Crippen molar-refractivity contribution in [2.75, 3.05) is 6.54 Å². The van der Waals surface area contributed by atoms with E-state index in [0.29, 0.717) is 6.54 Å². The van der Waals surface area contributed by atoms with Crippen LogP contribution in [-0.4, -0.2) is 12.5 Å². The normalized spacial score (nSPS) is 11.1. The average Bonchev–Trinajstić information content (AvgIpc) is 2.33. The van der Waals surface area contributed by atoms with Crippen LogP contribution in [0, 0.1) is 0 Å². The monoisotopic (exact) mass is 229 g/mol. The van der Waals surface area contributed by atoms with Crippen molar-refractivity contribution in [3.63, 3.8) is 0 Å². The summed E-state index contributed by atoms with van der Waals surface area (Å²) in [5.41, 5.74) is 1.36. The SMILES string of the molecule is CC(=O)NC/C=C/C=C/CCc1ccccc1. The van der Waals surface area contributed by atoms with Crippen molar-refractivity contribution in [1.82, 2.24) is 5.32 Å². The van der Waals surface area contributed by atoms with E-state index in [0.717, 1.165) is 12.8 Å². The molecule has 1 N–H and O–H groups in total. The van der Waals surface area contributed by atoms with Crippen LogP contribution in [0.3, 0.4) is 0 Å². The summed E-state index contributed by atoms with van der Waals surface area (Å²) in [5.74, 6) is 0.00251. The Balaban J connectivity index is 2.12. The Morgan fingerprint density at radius 1 is 1.18 bits per heavy atom.